The summed E-state index contributed by atoms with van der Waals surface area (Å²) in [6, 6.07) is 17.0. The number of rotatable bonds is 5. The van der Waals surface area contributed by atoms with Gasteiger partial charge in [0, 0.05) is 31.4 Å². The van der Waals surface area contributed by atoms with E-state index in [-0.39, 0.29) is 17.9 Å². The number of likely N-dealkylation sites (tertiary alicyclic amines) is 1. The number of benzene rings is 2. The molecule has 1 atom stereocenters. The first-order chi connectivity index (χ1) is 11.7. The maximum Gasteiger partial charge on any atom is 0.251 e. The van der Waals surface area contributed by atoms with Crippen molar-refractivity contribution in [2.45, 2.75) is 19.0 Å². The first-order valence-corrected chi connectivity index (χ1v) is 8.08. The molecule has 5 nitrogen and oxygen atoms in total. The largest absolute Gasteiger partial charge is 0.355 e. The third kappa shape index (κ3) is 3.63. The highest BCUT2D eigenvalue weighted by Gasteiger charge is 2.33. The van der Waals surface area contributed by atoms with Gasteiger partial charge in [-0.3, -0.25) is 14.5 Å². The van der Waals surface area contributed by atoms with Crippen LogP contribution in [0.15, 0.2) is 54.6 Å². The van der Waals surface area contributed by atoms with Gasteiger partial charge >= 0.3 is 0 Å². The van der Waals surface area contributed by atoms with E-state index in [4.69, 9.17) is 0 Å². The van der Waals surface area contributed by atoms with Crippen molar-refractivity contribution < 1.29 is 9.59 Å². The third-order valence-corrected chi connectivity index (χ3v) is 4.30. The SMILES string of the molecule is CNC(=O)c1ccc(NC(=O)[C@@H]2CCN2Cc2ccccc2)cc1. The molecule has 2 aromatic carbocycles. The molecule has 5 heteroatoms. The van der Waals surface area contributed by atoms with Crippen LogP contribution in [0.25, 0.3) is 0 Å². The molecule has 0 radical (unpaired) electrons. The van der Waals surface area contributed by atoms with Crippen LogP contribution in [0.5, 0.6) is 0 Å². The number of nitrogens with zero attached hydrogens (tertiary/aromatic N) is 1. The lowest BCUT2D eigenvalue weighted by molar-refractivity contribution is -0.125. The number of nitrogens with one attached hydrogen (secondary N) is 2. The summed E-state index contributed by atoms with van der Waals surface area (Å²) in [5, 5.41) is 5.51. The lowest BCUT2D eigenvalue weighted by atomic mass is 10.0. The predicted molar refractivity (Wildman–Crippen MR) is 93.7 cm³/mol. The molecule has 0 bridgehead atoms. The van der Waals surface area contributed by atoms with Gasteiger partial charge < -0.3 is 10.6 Å². The summed E-state index contributed by atoms with van der Waals surface area (Å²) in [6.45, 7) is 1.72. The van der Waals surface area contributed by atoms with Crippen molar-refractivity contribution in [3.8, 4) is 0 Å². The molecule has 0 unspecified atom stereocenters. The quantitative estimate of drug-likeness (QED) is 0.887. The van der Waals surface area contributed by atoms with Crippen molar-refractivity contribution in [1.29, 1.82) is 0 Å². The molecule has 0 aromatic heterocycles. The van der Waals surface area contributed by atoms with E-state index >= 15 is 0 Å². The molecule has 1 fully saturated rings. The highest BCUT2D eigenvalue weighted by atomic mass is 16.2. The molecule has 124 valence electrons. The van der Waals surface area contributed by atoms with Gasteiger partial charge in [0.05, 0.1) is 6.04 Å². The molecule has 3 rings (SSSR count). The van der Waals surface area contributed by atoms with E-state index < -0.39 is 0 Å². The van der Waals surface area contributed by atoms with E-state index in [1.807, 2.05) is 18.2 Å². The van der Waals surface area contributed by atoms with E-state index in [2.05, 4.69) is 27.7 Å². The maximum absolute atomic E-state index is 12.4. The fraction of sp³-hybridized carbons (Fsp3) is 0.263. The number of carbonyl (C=O) groups is 2. The second-order valence-electron chi connectivity index (χ2n) is 5.91. The van der Waals surface area contributed by atoms with Crippen molar-refractivity contribution in [2.75, 3.05) is 18.9 Å². The Morgan fingerprint density at radius 2 is 1.79 bits per heavy atom. The number of amides is 2. The van der Waals surface area contributed by atoms with Crippen LogP contribution in [0.2, 0.25) is 0 Å². The fourth-order valence-electron chi connectivity index (χ4n) is 2.82. The van der Waals surface area contributed by atoms with Crippen molar-refractivity contribution in [3.05, 3.63) is 65.7 Å². The van der Waals surface area contributed by atoms with Crippen molar-refractivity contribution in [3.63, 3.8) is 0 Å². The van der Waals surface area contributed by atoms with Gasteiger partial charge in [-0.05, 0) is 36.2 Å². The summed E-state index contributed by atoms with van der Waals surface area (Å²) in [5.74, 6) is -0.134. The second kappa shape index (κ2) is 7.27. The Bertz CT molecular complexity index is 713. The smallest absolute Gasteiger partial charge is 0.251 e. The van der Waals surface area contributed by atoms with Gasteiger partial charge in [-0.1, -0.05) is 30.3 Å². The molecular formula is C19H21N3O2. The number of carbonyl (C=O) groups excluding carboxylic acids is 2. The van der Waals surface area contributed by atoms with E-state index in [1.165, 1.54) is 5.56 Å². The molecule has 2 aromatic rings. The van der Waals surface area contributed by atoms with Gasteiger partial charge in [0.2, 0.25) is 5.91 Å². The number of anilines is 1. The summed E-state index contributed by atoms with van der Waals surface area (Å²) in [4.78, 5) is 26.1. The summed E-state index contributed by atoms with van der Waals surface area (Å²) in [5.41, 5.74) is 2.49. The van der Waals surface area contributed by atoms with Gasteiger partial charge in [-0.2, -0.15) is 0 Å². The Morgan fingerprint density at radius 3 is 2.38 bits per heavy atom. The monoisotopic (exact) mass is 323 g/mol. The summed E-state index contributed by atoms with van der Waals surface area (Å²) in [6.07, 6.45) is 0.870. The van der Waals surface area contributed by atoms with Crippen LogP contribution in [0.3, 0.4) is 0 Å². The third-order valence-electron chi connectivity index (χ3n) is 4.30. The Labute approximate surface area is 141 Å². The fourth-order valence-corrected chi connectivity index (χ4v) is 2.82. The van der Waals surface area contributed by atoms with Crippen LogP contribution >= 0.6 is 0 Å². The lowest BCUT2D eigenvalue weighted by Crippen LogP contribution is -2.53. The van der Waals surface area contributed by atoms with E-state index in [9.17, 15) is 9.59 Å². The zero-order chi connectivity index (χ0) is 16.9. The van der Waals surface area contributed by atoms with E-state index in [0.29, 0.717) is 11.3 Å². The van der Waals surface area contributed by atoms with Crippen LogP contribution in [-0.4, -0.2) is 36.3 Å². The molecular weight excluding hydrogens is 302 g/mol. The topological polar surface area (TPSA) is 61.4 Å². The van der Waals surface area contributed by atoms with Gasteiger partial charge in [0.1, 0.15) is 0 Å². The molecule has 24 heavy (non-hydrogen) atoms. The van der Waals surface area contributed by atoms with Crippen LogP contribution in [-0.2, 0) is 11.3 Å². The molecule has 0 spiro atoms. The molecule has 2 amide bonds. The van der Waals surface area contributed by atoms with Crippen molar-refractivity contribution in [1.82, 2.24) is 10.2 Å². The molecule has 0 aliphatic carbocycles. The average Bonchev–Trinajstić information content (AvgIpc) is 2.59. The Kier molecular flexibility index (Phi) is 4.91. The summed E-state index contributed by atoms with van der Waals surface area (Å²) >= 11 is 0. The Hall–Kier alpha value is -2.66. The van der Waals surface area contributed by atoms with Gasteiger partial charge in [-0.15, -0.1) is 0 Å². The highest BCUT2D eigenvalue weighted by Crippen LogP contribution is 2.22. The highest BCUT2D eigenvalue weighted by molar-refractivity contribution is 5.97. The lowest BCUT2D eigenvalue weighted by Gasteiger charge is -2.39. The molecule has 1 aliphatic rings. The number of hydrogen-bond acceptors (Lipinski definition) is 3. The second-order valence-corrected chi connectivity index (χ2v) is 5.91. The molecule has 1 saturated heterocycles. The molecule has 2 N–H and O–H groups in total. The molecule has 0 saturated carbocycles. The van der Waals surface area contributed by atoms with Crippen LogP contribution < -0.4 is 10.6 Å². The average molecular weight is 323 g/mol. The minimum Gasteiger partial charge on any atom is -0.355 e. The molecule has 1 heterocycles. The van der Waals surface area contributed by atoms with Crippen LogP contribution in [0, 0.1) is 0 Å². The first-order valence-electron chi connectivity index (χ1n) is 8.08. The van der Waals surface area contributed by atoms with Crippen LogP contribution in [0.1, 0.15) is 22.3 Å². The van der Waals surface area contributed by atoms with E-state index in [1.54, 1.807) is 31.3 Å². The van der Waals surface area contributed by atoms with Gasteiger partial charge in [0.15, 0.2) is 0 Å². The molecule has 1 aliphatic heterocycles. The zero-order valence-electron chi connectivity index (χ0n) is 13.7. The minimum atomic E-state index is -0.138. The minimum absolute atomic E-state index is 0.00451. The van der Waals surface area contributed by atoms with Crippen LogP contribution in [0.4, 0.5) is 5.69 Å². The summed E-state index contributed by atoms with van der Waals surface area (Å²) < 4.78 is 0. The Balaban J connectivity index is 1.57. The predicted octanol–water partition coefficient (Wildman–Crippen LogP) is 2.26. The normalized spacial score (nSPS) is 17.0. The first kappa shape index (κ1) is 16.2. The van der Waals surface area contributed by atoms with Crippen molar-refractivity contribution in [2.24, 2.45) is 0 Å². The standard InChI is InChI=1S/C19H21N3O2/c1-20-18(23)15-7-9-16(10-8-15)21-19(24)17-11-12-22(17)13-14-5-3-2-4-6-14/h2-10,17H,11-13H2,1H3,(H,20,23)(H,21,24)/t17-/m0/s1. The van der Waals surface area contributed by atoms with Gasteiger partial charge in [0.25, 0.3) is 5.91 Å². The Morgan fingerprint density at radius 1 is 1.08 bits per heavy atom. The maximum atomic E-state index is 12.4. The van der Waals surface area contributed by atoms with Crippen molar-refractivity contribution >= 4 is 17.5 Å². The number of hydrogen-bond donors (Lipinski definition) is 2. The van der Waals surface area contributed by atoms with E-state index in [0.717, 1.165) is 19.5 Å². The summed E-state index contributed by atoms with van der Waals surface area (Å²) in [7, 11) is 1.59. The van der Waals surface area contributed by atoms with Gasteiger partial charge in [-0.25, -0.2) is 0 Å². The zero-order valence-corrected chi connectivity index (χ0v) is 13.7.